The minimum atomic E-state index is -0.218. The minimum absolute atomic E-state index is 0.218. The van der Waals surface area contributed by atoms with Crippen LogP contribution in [0, 0.1) is 11.8 Å². The maximum atomic E-state index is 9.37. The van der Waals surface area contributed by atoms with Gasteiger partial charge in [0.1, 0.15) is 0 Å². The second-order valence-electron chi connectivity index (χ2n) is 3.53. The molecule has 0 heterocycles. The van der Waals surface area contributed by atoms with Crippen molar-refractivity contribution in [1.29, 1.82) is 0 Å². The SMILES string of the molecule is C=CCC(O)CCCC#CCCCC. The predicted octanol–water partition coefficient (Wildman–Crippen LogP) is 3.29. The van der Waals surface area contributed by atoms with Crippen molar-refractivity contribution in [3.63, 3.8) is 0 Å². The van der Waals surface area contributed by atoms with Gasteiger partial charge in [-0.05, 0) is 25.7 Å². The lowest BCUT2D eigenvalue weighted by Crippen LogP contribution is -2.03. The zero-order valence-corrected chi connectivity index (χ0v) is 9.26. The summed E-state index contributed by atoms with van der Waals surface area (Å²) in [6, 6.07) is 0. The van der Waals surface area contributed by atoms with Crippen LogP contribution in [0.2, 0.25) is 0 Å². The van der Waals surface area contributed by atoms with E-state index < -0.39 is 0 Å². The molecule has 0 fully saturated rings. The third kappa shape index (κ3) is 9.35. The summed E-state index contributed by atoms with van der Waals surface area (Å²) in [4.78, 5) is 0. The van der Waals surface area contributed by atoms with E-state index in [9.17, 15) is 5.11 Å². The van der Waals surface area contributed by atoms with Crippen LogP contribution in [0.15, 0.2) is 12.7 Å². The Labute approximate surface area is 88.2 Å². The highest BCUT2D eigenvalue weighted by atomic mass is 16.3. The molecule has 0 spiro atoms. The van der Waals surface area contributed by atoms with Crippen LogP contribution in [0.4, 0.5) is 0 Å². The summed E-state index contributed by atoms with van der Waals surface area (Å²) in [5.74, 6) is 6.27. The van der Waals surface area contributed by atoms with Crippen LogP contribution in [0.5, 0.6) is 0 Å². The van der Waals surface area contributed by atoms with Gasteiger partial charge in [-0.15, -0.1) is 18.4 Å². The Balaban J connectivity index is 3.25. The summed E-state index contributed by atoms with van der Waals surface area (Å²) in [5, 5.41) is 9.37. The second-order valence-corrected chi connectivity index (χ2v) is 3.53. The molecule has 0 radical (unpaired) electrons. The maximum absolute atomic E-state index is 9.37. The van der Waals surface area contributed by atoms with E-state index in [0.29, 0.717) is 6.42 Å². The fraction of sp³-hybridized carbons (Fsp3) is 0.692. The van der Waals surface area contributed by atoms with Gasteiger partial charge < -0.3 is 5.11 Å². The molecular formula is C13H22O. The van der Waals surface area contributed by atoms with Crippen LogP contribution in [0.3, 0.4) is 0 Å². The Kier molecular flexibility index (Phi) is 9.79. The number of hydrogen-bond donors (Lipinski definition) is 1. The van der Waals surface area contributed by atoms with Gasteiger partial charge in [-0.2, -0.15) is 0 Å². The first-order chi connectivity index (χ1) is 6.81. The third-order valence-electron chi connectivity index (χ3n) is 2.06. The summed E-state index contributed by atoms with van der Waals surface area (Å²) in [6.07, 6.45) is 8.43. The molecule has 1 unspecified atom stereocenters. The number of hydrogen-bond acceptors (Lipinski definition) is 1. The fourth-order valence-electron chi connectivity index (χ4n) is 1.18. The monoisotopic (exact) mass is 194 g/mol. The number of aliphatic hydroxyl groups excluding tert-OH is 1. The Morgan fingerprint density at radius 1 is 1.29 bits per heavy atom. The second kappa shape index (κ2) is 10.3. The molecule has 1 nitrogen and oxygen atoms in total. The molecule has 0 aliphatic heterocycles. The van der Waals surface area contributed by atoms with E-state index in [2.05, 4.69) is 25.3 Å². The summed E-state index contributed by atoms with van der Waals surface area (Å²) in [6.45, 7) is 5.76. The van der Waals surface area contributed by atoms with E-state index in [1.807, 2.05) is 0 Å². The molecule has 0 aromatic heterocycles. The summed E-state index contributed by atoms with van der Waals surface area (Å²) in [5.41, 5.74) is 0. The van der Waals surface area contributed by atoms with E-state index in [0.717, 1.165) is 25.7 Å². The first kappa shape index (κ1) is 13.3. The Bertz CT molecular complexity index is 185. The Morgan fingerprint density at radius 2 is 1.93 bits per heavy atom. The van der Waals surface area contributed by atoms with Crippen molar-refractivity contribution < 1.29 is 5.11 Å². The van der Waals surface area contributed by atoms with Gasteiger partial charge in [0.25, 0.3) is 0 Å². The minimum Gasteiger partial charge on any atom is -0.393 e. The van der Waals surface area contributed by atoms with Gasteiger partial charge in [-0.3, -0.25) is 0 Å². The van der Waals surface area contributed by atoms with Gasteiger partial charge in [0.2, 0.25) is 0 Å². The maximum Gasteiger partial charge on any atom is 0.0574 e. The Morgan fingerprint density at radius 3 is 2.50 bits per heavy atom. The molecule has 0 aliphatic carbocycles. The molecule has 1 atom stereocenters. The van der Waals surface area contributed by atoms with Crippen LogP contribution < -0.4 is 0 Å². The quantitative estimate of drug-likeness (QED) is 0.374. The van der Waals surface area contributed by atoms with Gasteiger partial charge in [0.15, 0.2) is 0 Å². The van der Waals surface area contributed by atoms with Gasteiger partial charge in [0, 0.05) is 12.8 Å². The molecule has 0 aliphatic rings. The van der Waals surface area contributed by atoms with E-state index in [-0.39, 0.29) is 6.10 Å². The number of rotatable bonds is 7. The molecule has 0 saturated carbocycles. The van der Waals surface area contributed by atoms with Crippen molar-refractivity contribution in [3.8, 4) is 11.8 Å². The molecule has 0 bridgehead atoms. The molecule has 1 heteroatoms. The lowest BCUT2D eigenvalue weighted by molar-refractivity contribution is 0.165. The van der Waals surface area contributed by atoms with Crippen molar-refractivity contribution in [1.82, 2.24) is 0 Å². The van der Waals surface area contributed by atoms with Crippen molar-refractivity contribution in [2.75, 3.05) is 0 Å². The van der Waals surface area contributed by atoms with Crippen LogP contribution in [0.1, 0.15) is 51.9 Å². The van der Waals surface area contributed by atoms with Crippen molar-refractivity contribution in [2.24, 2.45) is 0 Å². The van der Waals surface area contributed by atoms with Gasteiger partial charge in [0.05, 0.1) is 6.10 Å². The van der Waals surface area contributed by atoms with Crippen LogP contribution in [0.25, 0.3) is 0 Å². The lowest BCUT2D eigenvalue weighted by atomic mass is 10.1. The van der Waals surface area contributed by atoms with Crippen LogP contribution in [-0.2, 0) is 0 Å². The highest BCUT2D eigenvalue weighted by Gasteiger charge is 1.98. The van der Waals surface area contributed by atoms with Gasteiger partial charge >= 0.3 is 0 Å². The topological polar surface area (TPSA) is 20.2 Å². The molecular weight excluding hydrogens is 172 g/mol. The summed E-state index contributed by atoms with van der Waals surface area (Å²) in [7, 11) is 0. The van der Waals surface area contributed by atoms with Crippen LogP contribution >= 0.6 is 0 Å². The fourth-order valence-corrected chi connectivity index (χ4v) is 1.18. The van der Waals surface area contributed by atoms with E-state index in [4.69, 9.17) is 0 Å². The average Bonchev–Trinajstić information content (AvgIpc) is 2.17. The number of unbranched alkanes of at least 4 members (excludes halogenated alkanes) is 3. The highest BCUT2D eigenvalue weighted by Crippen LogP contribution is 2.04. The first-order valence-corrected chi connectivity index (χ1v) is 5.56. The standard InChI is InChI=1S/C13H22O/c1-3-5-6-7-8-9-10-12-13(14)11-4-2/h4,13-14H,2-3,5-6,9-12H2,1H3. The summed E-state index contributed by atoms with van der Waals surface area (Å²) >= 11 is 0. The zero-order chi connectivity index (χ0) is 10.6. The smallest absolute Gasteiger partial charge is 0.0574 e. The molecule has 0 aromatic rings. The third-order valence-corrected chi connectivity index (χ3v) is 2.06. The van der Waals surface area contributed by atoms with E-state index in [1.54, 1.807) is 6.08 Å². The van der Waals surface area contributed by atoms with E-state index >= 15 is 0 Å². The first-order valence-electron chi connectivity index (χ1n) is 5.56. The predicted molar refractivity (Wildman–Crippen MR) is 62.0 cm³/mol. The molecule has 14 heavy (non-hydrogen) atoms. The largest absolute Gasteiger partial charge is 0.393 e. The average molecular weight is 194 g/mol. The molecule has 80 valence electrons. The molecule has 0 aromatic carbocycles. The van der Waals surface area contributed by atoms with E-state index in [1.165, 1.54) is 12.8 Å². The van der Waals surface area contributed by atoms with Crippen LogP contribution in [-0.4, -0.2) is 11.2 Å². The van der Waals surface area contributed by atoms with Crippen molar-refractivity contribution >= 4 is 0 Å². The molecule has 0 amide bonds. The normalized spacial score (nSPS) is 11.6. The van der Waals surface area contributed by atoms with Gasteiger partial charge in [-0.25, -0.2) is 0 Å². The van der Waals surface area contributed by atoms with Crippen molar-refractivity contribution in [3.05, 3.63) is 12.7 Å². The molecule has 0 saturated heterocycles. The zero-order valence-electron chi connectivity index (χ0n) is 9.26. The number of aliphatic hydroxyl groups is 1. The Hall–Kier alpha value is -0.740. The lowest BCUT2D eigenvalue weighted by Gasteiger charge is -2.04. The highest BCUT2D eigenvalue weighted by molar-refractivity contribution is 4.98. The summed E-state index contributed by atoms with van der Waals surface area (Å²) < 4.78 is 0. The van der Waals surface area contributed by atoms with Gasteiger partial charge in [-0.1, -0.05) is 19.4 Å². The van der Waals surface area contributed by atoms with Crippen molar-refractivity contribution in [2.45, 2.75) is 58.0 Å². The molecule has 1 N–H and O–H groups in total. The molecule has 0 rings (SSSR count).